The average molecular weight is 282 g/mol. The maximum absolute atomic E-state index is 11.8. The molecular weight excluding hydrogens is 256 g/mol. The Balaban J connectivity index is 2.31. The number of aromatic nitrogens is 3. The Bertz CT molecular complexity index is 415. The highest BCUT2D eigenvalue weighted by Gasteiger charge is 2.11. The van der Waals surface area contributed by atoms with Crippen molar-refractivity contribution in [1.82, 2.24) is 20.3 Å². The first-order valence-corrected chi connectivity index (χ1v) is 7.26. The van der Waals surface area contributed by atoms with Gasteiger partial charge in [-0.25, -0.2) is 4.68 Å². The maximum atomic E-state index is 11.8. The van der Waals surface area contributed by atoms with Crippen LogP contribution in [0.3, 0.4) is 0 Å². The van der Waals surface area contributed by atoms with E-state index in [0.717, 1.165) is 12.8 Å². The third-order valence-electron chi connectivity index (χ3n) is 3.12. The Morgan fingerprint density at radius 3 is 2.60 bits per heavy atom. The van der Waals surface area contributed by atoms with Gasteiger partial charge in [-0.05, 0) is 26.2 Å². The van der Waals surface area contributed by atoms with Crippen molar-refractivity contribution >= 4 is 5.91 Å². The van der Waals surface area contributed by atoms with Gasteiger partial charge in [0.05, 0.1) is 12.3 Å². The predicted molar refractivity (Wildman–Crippen MR) is 76.9 cm³/mol. The zero-order valence-electron chi connectivity index (χ0n) is 12.8. The van der Waals surface area contributed by atoms with Crippen molar-refractivity contribution in [3.63, 3.8) is 0 Å². The maximum Gasteiger partial charge on any atom is 0.242 e. The van der Waals surface area contributed by atoms with Gasteiger partial charge >= 0.3 is 0 Å². The quantitative estimate of drug-likeness (QED) is 0.760. The van der Waals surface area contributed by atoms with Gasteiger partial charge in [-0.2, -0.15) is 0 Å². The van der Waals surface area contributed by atoms with Crippen LogP contribution in [0.2, 0.25) is 0 Å². The molecule has 0 aromatic carbocycles. The molecule has 1 aromatic heterocycles. The van der Waals surface area contributed by atoms with E-state index in [4.69, 9.17) is 0 Å². The molecule has 2 N–H and O–H groups in total. The molecule has 1 heterocycles. The first kappa shape index (κ1) is 16.6. The second kappa shape index (κ2) is 7.99. The molecule has 0 aliphatic heterocycles. The van der Waals surface area contributed by atoms with E-state index in [1.807, 2.05) is 6.92 Å². The number of amides is 1. The minimum Gasteiger partial charge on any atom is -0.387 e. The van der Waals surface area contributed by atoms with Gasteiger partial charge in [0.25, 0.3) is 0 Å². The number of carbonyl (C=O) groups is 1. The van der Waals surface area contributed by atoms with E-state index < -0.39 is 6.10 Å². The molecule has 0 bridgehead atoms. The van der Waals surface area contributed by atoms with Gasteiger partial charge in [0.15, 0.2) is 0 Å². The van der Waals surface area contributed by atoms with Crippen LogP contribution < -0.4 is 5.32 Å². The van der Waals surface area contributed by atoms with Gasteiger partial charge in [-0.3, -0.25) is 4.79 Å². The molecule has 0 radical (unpaired) electrons. The van der Waals surface area contributed by atoms with Crippen LogP contribution in [0.5, 0.6) is 0 Å². The van der Waals surface area contributed by atoms with Crippen LogP contribution in [0.15, 0.2) is 6.20 Å². The molecule has 0 aliphatic rings. The van der Waals surface area contributed by atoms with Crippen molar-refractivity contribution in [3.8, 4) is 0 Å². The molecule has 0 spiro atoms. The molecule has 0 saturated heterocycles. The number of aliphatic hydroxyl groups is 1. The number of rotatable bonds is 8. The molecule has 0 saturated carbocycles. The van der Waals surface area contributed by atoms with Crippen LogP contribution in [-0.2, 0) is 11.3 Å². The first-order valence-electron chi connectivity index (χ1n) is 7.26. The minimum atomic E-state index is -0.665. The van der Waals surface area contributed by atoms with Crippen LogP contribution in [0.1, 0.15) is 58.8 Å². The van der Waals surface area contributed by atoms with Gasteiger partial charge in [-0.15, -0.1) is 5.10 Å². The molecule has 2 atom stereocenters. The summed E-state index contributed by atoms with van der Waals surface area (Å²) in [5, 5.41) is 19.9. The fourth-order valence-corrected chi connectivity index (χ4v) is 1.95. The van der Waals surface area contributed by atoms with Crippen LogP contribution in [0, 0.1) is 5.92 Å². The second-order valence-electron chi connectivity index (χ2n) is 5.81. The molecule has 1 aromatic rings. The molecule has 0 aliphatic carbocycles. The molecule has 114 valence electrons. The SMILES string of the molecule is CC(C)CCCC(C)NC(=O)Cn1cc(C(C)O)nn1. The van der Waals surface area contributed by atoms with E-state index in [9.17, 15) is 9.90 Å². The lowest BCUT2D eigenvalue weighted by Gasteiger charge is -2.14. The molecule has 6 heteroatoms. The third-order valence-corrected chi connectivity index (χ3v) is 3.12. The number of hydrogen-bond acceptors (Lipinski definition) is 4. The lowest BCUT2D eigenvalue weighted by molar-refractivity contribution is -0.122. The summed E-state index contributed by atoms with van der Waals surface area (Å²) in [5.41, 5.74) is 0.475. The monoisotopic (exact) mass is 282 g/mol. The summed E-state index contributed by atoms with van der Waals surface area (Å²) in [5.74, 6) is 0.621. The lowest BCUT2D eigenvalue weighted by Crippen LogP contribution is -2.35. The number of hydrogen-bond donors (Lipinski definition) is 2. The smallest absolute Gasteiger partial charge is 0.242 e. The molecular formula is C14H26N4O2. The van der Waals surface area contributed by atoms with E-state index >= 15 is 0 Å². The molecule has 2 unspecified atom stereocenters. The van der Waals surface area contributed by atoms with E-state index in [2.05, 4.69) is 29.5 Å². The Kier molecular flexibility index (Phi) is 6.64. The van der Waals surface area contributed by atoms with E-state index in [-0.39, 0.29) is 18.5 Å². The van der Waals surface area contributed by atoms with E-state index in [0.29, 0.717) is 11.6 Å². The fourth-order valence-electron chi connectivity index (χ4n) is 1.95. The largest absolute Gasteiger partial charge is 0.387 e. The normalized spacial score (nSPS) is 14.3. The fraction of sp³-hybridized carbons (Fsp3) is 0.786. The third kappa shape index (κ3) is 6.14. The highest BCUT2D eigenvalue weighted by atomic mass is 16.3. The van der Waals surface area contributed by atoms with Gasteiger partial charge in [0.2, 0.25) is 5.91 Å². The summed E-state index contributed by atoms with van der Waals surface area (Å²) in [6.07, 6.45) is 4.21. The van der Waals surface area contributed by atoms with E-state index in [1.165, 1.54) is 11.1 Å². The summed E-state index contributed by atoms with van der Waals surface area (Å²) in [6.45, 7) is 8.17. The Morgan fingerprint density at radius 1 is 1.35 bits per heavy atom. The van der Waals surface area contributed by atoms with Crippen LogP contribution in [0.4, 0.5) is 0 Å². The molecule has 6 nitrogen and oxygen atoms in total. The summed E-state index contributed by atoms with van der Waals surface area (Å²) in [7, 11) is 0. The summed E-state index contributed by atoms with van der Waals surface area (Å²) < 4.78 is 1.44. The van der Waals surface area contributed by atoms with Crippen molar-refractivity contribution < 1.29 is 9.90 Å². The second-order valence-corrected chi connectivity index (χ2v) is 5.81. The highest BCUT2D eigenvalue weighted by molar-refractivity contribution is 5.75. The predicted octanol–water partition coefficient (Wildman–Crippen LogP) is 1.66. The molecule has 1 amide bonds. The van der Waals surface area contributed by atoms with E-state index in [1.54, 1.807) is 13.1 Å². The van der Waals surface area contributed by atoms with Crippen molar-refractivity contribution in [2.45, 2.75) is 65.6 Å². The van der Waals surface area contributed by atoms with Crippen molar-refractivity contribution in [2.24, 2.45) is 5.92 Å². The summed E-state index contributed by atoms with van der Waals surface area (Å²) in [6, 6.07) is 0.168. The van der Waals surface area contributed by atoms with Gasteiger partial charge in [0, 0.05) is 6.04 Å². The summed E-state index contributed by atoms with van der Waals surface area (Å²) in [4.78, 5) is 11.8. The summed E-state index contributed by atoms with van der Waals surface area (Å²) >= 11 is 0. The van der Waals surface area contributed by atoms with Crippen LogP contribution in [-0.4, -0.2) is 32.0 Å². The number of aliphatic hydroxyl groups excluding tert-OH is 1. The Labute approximate surface area is 120 Å². The minimum absolute atomic E-state index is 0.0795. The topological polar surface area (TPSA) is 80.0 Å². The standard InChI is InChI=1S/C14H26N4O2/c1-10(2)6-5-7-11(3)15-14(20)9-18-8-13(12(4)19)16-17-18/h8,10-12,19H,5-7,9H2,1-4H3,(H,15,20). The lowest BCUT2D eigenvalue weighted by atomic mass is 10.0. The van der Waals surface area contributed by atoms with Crippen molar-refractivity contribution in [3.05, 3.63) is 11.9 Å². The highest BCUT2D eigenvalue weighted by Crippen LogP contribution is 2.08. The first-order chi connectivity index (χ1) is 9.38. The van der Waals surface area contributed by atoms with Crippen molar-refractivity contribution in [1.29, 1.82) is 0 Å². The molecule has 1 rings (SSSR count). The Morgan fingerprint density at radius 2 is 2.05 bits per heavy atom. The molecule has 0 fully saturated rings. The molecule has 20 heavy (non-hydrogen) atoms. The number of nitrogens with zero attached hydrogens (tertiary/aromatic N) is 3. The average Bonchev–Trinajstić information content (AvgIpc) is 2.76. The van der Waals surface area contributed by atoms with Gasteiger partial charge in [-0.1, -0.05) is 31.9 Å². The van der Waals surface area contributed by atoms with Crippen molar-refractivity contribution in [2.75, 3.05) is 0 Å². The van der Waals surface area contributed by atoms with Gasteiger partial charge in [0.1, 0.15) is 12.2 Å². The zero-order chi connectivity index (χ0) is 15.1. The van der Waals surface area contributed by atoms with Gasteiger partial charge < -0.3 is 10.4 Å². The number of carbonyl (C=O) groups excluding carboxylic acids is 1. The number of nitrogens with one attached hydrogen (secondary N) is 1. The van der Waals surface area contributed by atoms with Crippen LogP contribution >= 0.6 is 0 Å². The zero-order valence-corrected chi connectivity index (χ0v) is 12.8. The van der Waals surface area contributed by atoms with Crippen LogP contribution in [0.25, 0.3) is 0 Å². The Hall–Kier alpha value is -1.43.